The minimum absolute atomic E-state index is 0.130. The zero-order valence-corrected chi connectivity index (χ0v) is 13.3. The van der Waals surface area contributed by atoms with Gasteiger partial charge in [-0.1, -0.05) is 13.8 Å². The molecule has 0 aromatic heterocycles. The predicted molar refractivity (Wildman–Crippen MR) is 80.9 cm³/mol. The van der Waals surface area contributed by atoms with Crippen LogP contribution in [0.2, 0.25) is 0 Å². The first-order valence-electron chi connectivity index (χ1n) is 7.43. The third kappa shape index (κ3) is 4.49. The molecule has 0 saturated heterocycles. The Labute approximate surface area is 126 Å². The van der Waals surface area contributed by atoms with Crippen molar-refractivity contribution in [2.45, 2.75) is 38.1 Å². The second kappa shape index (κ2) is 6.85. The van der Waals surface area contributed by atoms with Crippen molar-refractivity contribution in [3.63, 3.8) is 0 Å². The fourth-order valence-electron chi connectivity index (χ4n) is 2.24. The normalized spacial score (nSPS) is 21.5. The van der Waals surface area contributed by atoms with Gasteiger partial charge in [0.2, 0.25) is 10.0 Å². The summed E-state index contributed by atoms with van der Waals surface area (Å²) in [7, 11) is -3.55. The molecule has 2 atom stereocenters. The van der Waals surface area contributed by atoms with E-state index in [1.165, 1.54) is 18.2 Å². The van der Waals surface area contributed by atoms with Crippen LogP contribution in [0.1, 0.15) is 32.3 Å². The van der Waals surface area contributed by atoms with E-state index in [4.69, 9.17) is 0 Å². The van der Waals surface area contributed by atoms with E-state index in [1.54, 1.807) is 0 Å². The highest BCUT2D eigenvalue weighted by Gasteiger charge is 2.33. The summed E-state index contributed by atoms with van der Waals surface area (Å²) in [6, 6.07) is 3.95. The molecule has 0 aliphatic heterocycles. The van der Waals surface area contributed by atoms with E-state index in [0.717, 1.165) is 19.4 Å². The van der Waals surface area contributed by atoms with Crippen molar-refractivity contribution in [3.05, 3.63) is 29.6 Å². The molecule has 1 aliphatic carbocycles. The van der Waals surface area contributed by atoms with Crippen LogP contribution in [0.25, 0.3) is 0 Å². The largest absolute Gasteiger partial charge is 0.313 e. The van der Waals surface area contributed by atoms with Gasteiger partial charge in [0, 0.05) is 18.7 Å². The highest BCUT2D eigenvalue weighted by atomic mass is 32.2. The number of nitrogens with one attached hydrogen (secondary N) is 2. The Balaban J connectivity index is 2.05. The first-order chi connectivity index (χ1) is 9.94. The molecule has 0 radical (unpaired) electrons. The minimum atomic E-state index is -3.55. The summed E-state index contributed by atoms with van der Waals surface area (Å²) >= 11 is 0. The van der Waals surface area contributed by atoms with Gasteiger partial charge in [0.25, 0.3) is 0 Å². The summed E-state index contributed by atoms with van der Waals surface area (Å²) in [6.45, 7) is 5.70. The van der Waals surface area contributed by atoms with Crippen molar-refractivity contribution >= 4 is 10.0 Å². The Morgan fingerprint density at radius 1 is 1.38 bits per heavy atom. The predicted octanol–water partition coefficient (Wildman–Crippen LogP) is 2.26. The molecule has 1 aliphatic rings. The Morgan fingerprint density at radius 2 is 2.10 bits per heavy atom. The van der Waals surface area contributed by atoms with Gasteiger partial charge >= 0.3 is 0 Å². The number of rotatable bonds is 8. The maximum Gasteiger partial charge on any atom is 0.240 e. The van der Waals surface area contributed by atoms with Gasteiger partial charge in [-0.3, -0.25) is 0 Å². The molecular weight excluding hydrogens is 291 g/mol. The first-order valence-corrected chi connectivity index (χ1v) is 8.91. The second-order valence-corrected chi connectivity index (χ2v) is 7.52. The molecular formula is C15H23FN2O2S. The summed E-state index contributed by atoms with van der Waals surface area (Å²) in [6.07, 6.45) is 2.01. The number of benzene rings is 1. The van der Waals surface area contributed by atoms with E-state index in [9.17, 15) is 12.8 Å². The molecule has 118 valence electrons. The van der Waals surface area contributed by atoms with E-state index >= 15 is 0 Å². The maximum absolute atomic E-state index is 13.7. The van der Waals surface area contributed by atoms with Gasteiger partial charge < -0.3 is 5.32 Å². The van der Waals surface area contributed by atoms with Gasteiger partial charge in [-0.2, -0.15) is 0 Å². The van der Waals surface area contributed by atoms with Crippen LogP contribution in [0.3, 0.4) is 0 Å². The zero-order valence-electron chi connectivity index (χ0n) is 12.5. The number of sulfonamides is 1. The molecule has 0 heterocycles. The first kappa shape index (κ1) is 16.4. The minimum Gasteiger partial charge on any atom is -0.313 e. The quantitative estimate of drug-likeness (QED) is 0.724. The number of halogens is 1. The van der Waals surface area contributed by atoms with Crippen LogP contribution in [-0.4, -0.2) is 21.5 Å². The molecule has 2 unspecified atom stereocenters. The van der Waals surface area contributed by atoms with Gasteiger partial charge in [-0.05, 0) is 49.4 Å². The third-order valence-corrected chi connectivity index (χ3v) is 5.30. The lowest BCUT2D eigenvalue weighted by Gasteiger charge is -2.10. The molecule has 4 nitrogen and oxygen atoms in total. The zero-order chi connectivity index (χ0) is 15.5. The van der Waals surface area contributed by atoms with Crippen LogP contribution in [0.4, 0.5) is 4.39 Å². The van der Waals surface area contributed by atoms with Crippen LogP contribution in [0.5, 0.6) is 0 Å². The maximum atomic E-state index is 13.7. The summed E-state index contributed by atoms with van der Waals surface area (Å²) in [4.78, 5) is 0.130. The molecule has 1 aromatic rings. The summed E-state index contributed by atoms with van der Waals surface area (Å²) < 4.78 is 40.7. The molecule has 1 saturated carbocycles. The van der Waals surface area contributed by atoms with Crippen molar-refractivity contribution in [1.29, 1.82) is 0 Å². The average Bonchev–Trinajstić information content (AvgIpc) is 3.15. The van der Waals surface area contributed by atoms with E-state index < -0.39 is 10.0 Å². The Morgan fingerprint density at radius 3 is 2.71 bits per heavy atom. The summed E-state index contributed by atoms with van der Waals surface area (Å²) in [5.41, 5.74) is 0.381. The summed E-state index contributed by atoms with van der Waals surface area (Å²) in [5.74, 6) is 0.647. The van der Waals surface area contributed by atoms with E-state index in [0.29, 0.717) is 30.5 Å². The van der Waals surface area contributed by atoms with Gasteiger partial charge in [0.1, 0.15) is 5.82 Å². The smallest absolute Gasteiger partial charge is 0.240 e. The lowest BCUT2D eigenvalue weighted by atomic mass is 10.2. The molecule has 0 spiro atoms. The Kier molecular flexibility index (Phi) is 5.35. The molecule has 2 N–H and O–H groups in total. The summed E-state index contributed by atoms with van der Waals surface area (Å²) in [5, 5.41) is 3.08. The SMILES string of the molecule is CCCNCc1cc(S(=O)(=O)NCC2CC2C)ccc1F. The van der Waals surface area contributed by atoms with E-state index in [-0.39, 0.29) is 10.7 Å². The lowest BCUT2D eigenvalue weighted by molar-refractivity contribution is 0.569. The molecule has 1 aromatic carbocycles. The fourth-order valence-corrected chi connectivity index (χ4v) is 3.38. The van der Waals surface area contributed by atoms with Crippen LogP contribution in [-0.2, 0) is 16.6 Å². The molecule has 0 amide bonds. The molecule has 1 fully saturated rings. The highest BCUT2D eigenvalue weighted by molar-refractivity contribution is 7.89. The fraction of sp³-hybridized carbons (Fsp3) is 0.600. The van der Waals surface area contributed by atoms with Crippen LogP contribution >= 0.6 is 0 Å². The molecule has 21 heavy (non-hydrogen) atoms. The van der Waals surface area contributed by atoms with Crippen molar-refractivity contribution in [2.24, 2.45) is 11.8 Å². The monoisotopic (exact) mass is 314 g/mol. The number of hydrogen-bond donors (Lipinski definition) is 2. The molecule has 6 heteroatoms. The van der Waals surface area contributed by atoms with Crippen molar-refractivity contribution in [1.82, 2.24) is 10.0 Å². The topological polar surface area (TPSA) is 58.2 Å². The highest BCUT2D eigenvalue weighted by Crippen LogP contribution is 2.37. The van der Waals surface area contributed by atoms with Crippen LogP contribution in [0.15, 0.2) is 23.1 Å². The van der Waals surface area contributed by atoms with E-state index in [2.05, 4.69) is 17.0 Å². The van der Waals surface area contributed by atoms with Crippen molar-refractivity contribution < 1.29 is 12.8 Å². The Hall–Kier alpha value is -0.980. The van der Waals surface area contributed by atoms with Crippen molar-refractivity contribution in [3.8, 4) is 0 Å². The second-order valence-electron chi connectivity index (χ2n) is 5.75. The van der Waals surface area contributed by atoms with Gasteiger partial charge in [0.05, 0.1) is 4.90 Å². The van der Waals surface area contributed by atoms with Gasteiger partial charge in [-0.15, -0.1) is 0 Å². The van der Waals surface area contributed by atoms with Gasteiger partial charge in [-0.25, -0.2) is 17.5 Å². The number of hydrogen-bond acceptors (Lipinski definition) is 3. The molecule has 0 bridgehead atoms. The van der Waals surface area contributed by atoms with Crippen LogP contribution in [0, 0.1) is 17.7 Å². The third-order valence-electron chi connectivity index (χ3n) is 3.88. The average molecular weight is 314 g/mol. The van der Waals surface area contributed by atoms with E-state index in [1.807, 2.05) is 6.92 Å². The lowest BCUT2D eigenvalue weighted by Crippen LogP contribution is -2.26. The Bertz CT molecular complexity index is 589. The van der Waals surface area contributed by atoms with Crippen LogP contribution < -0.4 is 10.0 Å². The standard InChI is InChI=1S/C15H23FN2O2S/c1-3-6-17-9-13-8-14(4-5-15(13)16)21(19,20)18-10-12-7-11(12)2/h4-5,8,11-12,17-18H,3,6-7,9-10H2,1-2H3. The molecule has 2 rings (SSSR count). The van der Waals surface area contributed by atoms with Gasteiger partial charge in [0.15, 0.2) is 0 Å². The van der Waals surface area contributed by atoms with Crippen molar-refractivity contribution in [2.75, 3.05) is 13.1 Å².